The lowest BCUT2D eigenvalue weighted by atomic mass is 10.1. The number of fused-ring (bicyclic) bond motifs is 1. The van der Waals surface area contributed by atoms with Crippen LogP contribution in [0.2, 0.25) is 0 Å². The molecule has 0 unspecified atom stereocenters. The van der Waals surface area contributed by atoms with E-state index in [2.05, 4.69) is 59.0 Å². The van der Waals surface area contributed by atoms with E-state index in [1.54, 1.807) is 10.7 Å². The summed E-state index contributed by atoms with van der Waals surface area (Å²) >= 11 is 0. The van der Waals surface area contributed by atoms with Crippen molar-refractivity contribution in [3.8, 4) is 6.01 Å². The Balaban J connectivity index is 1.39. The van der Waals surface area contributed by atoms with Gasteiger partial charge in [0, 0.05) is 38.8 Å². The first kappa shape index (κ1) is 26.6. The van der Waals surface area contributed by atoms with Crippen LogP contribution in [0.3, 0.4) is 0 Å². The number of aromatic nitrogens is 5. The summed E-state index contributed by atoms with van der Waals surface area (Å²) in [6, 6.07) is 2.41. The summed E-state index contributed by atoms with van der Waals surface area (Å²) in [4.78, 5) is 30.1. The number of amides is 1. The average Bonchev–Trinajstić information content (AvgIpc) is 3.27. The monoisotopic (exact) mass is 509 g/mol. The van der Waals surface area contributed by atoms with E-state index in [0.717, 1.165) is 55.1 Å². The molecule has 0 aliphatic carbocycles. The van der Waals surface area contributed by atoms with Crippen molar-refractivity contribution in [3.63, 3.8) is 0 Å². The summed E-state index contributed by atoms with van der Waals surface area (Å²) in [7, 11) is 0. The van der Waals surface area contributed by atoms with Gasteiger partial charge in [0.2, 0.25) is 5.91 Å². The van der Waals surface area contributed by atoms with Crippen molar-refractivity contribution in [2.24, 2.45) is 5.92 Å². The Morgan fingerprint density at radius 3 is 2.68 bits per heavy atom. The minimum Gasteiger partial charge on any atom is -0.462 e. The predicted octanol–water partition coefficient (Wildman–Crippen LogP) is 2.07. The average molecular weight is 510 g/mol. The fraction of sp³-hybridized carbons (Fsp3) is 0.577. The fourth-order valence-electron chi connectivity index (χ4n) is 4.43. The van der Waals surface area contributed by atoms with Crippen LogP contribution in [0, 0.1) is 12.8 Å². The predicted molar refractivity (Wildman–Crippen MR) is 144 cm³/mol. The summed E-state index contributed by atoms with van der Waals surface area (Å²) < 4.78 is 7.37. The number of nitrogens with zero attached hydrogens (tertiary/aromatic N) is 7. The number of piperazine rings is 1. The van der Waals surface area contributed by atoms with Crippen molar-refractivity contribution < 1.29 is 9.53 Å². The number of anilines is 2. The van der Waals surface area contributed by atoms with E-state index in [4.69, 9.17) is 15.5 Å². The van der Waals surface area contributed by atoms with Crippen LogP contribution in [0.4, 0.5) is 11.6 Å². The Hall–Kier alpha value is -3.47. The van der Waals surface area contributed by atoms with Crippen LogP contribution in [0.5, 0.6) is 6.01 Å². The molecule has 0 aromatic carbocycles. The Bertz CT molecular complexity index is 1200. The first-order chi connectivity index (χ1) is 17.9. The molecule has 3 aromatic rings. The SMILES string of the molecule is CCCCOc1nc(N)c2ncc(Cc3cnc(N4CCN(C(=O)CNCC(C)C)CC4)c(C)c3)n2n1. The van der Waals surface area contributed by atoms with E-state index >= 15 is 0 Å². The minimum atomic E-state index is 0.164. The van der Waals surface area contributed by atoms with Crippen LogP contribution in [0.15, 0.2) is 18.5 Å². The van der Waals surface area contributed by atoms with Crippen LogP contribution in [-0.4, -0.2) is 81.2 Å². The second-order valence-corrected chi connectivity index (χ2v) is 10.0. The third-order valence-electron chi connectivity index (χ3n) is 6.42. The topological polar surface area (TPSA) is 127 Å². The van der Waals surface area contributed by atoms with E-state index in [9.17, 15) is 4.79 Å². The normalized spacial score (nSPS) is 14.1. The van der Waals surface area contributed by atoms with Crippen LogP contribution in [0.25, 0.3) is 5.65 Å². The Morgan fingerprint density at radius 2 is 1.97 bits per heavy atom. The number of carbonyl (C=O) groups excluding carboxylic acids is 1. The van der Waals surface area contributed by atoms with Crippen molar-refractivity contribution in [2.75, 3.05) is 56.5 Å². The highest BCUT2D eigenvalue weighted by Gasteiger charge is 2.23. The molecule has 1 amide bonds. The number of rotatable bonds is 11. The second-order valence-electron chi connectivity index (χ2n) is 10.0. The molecule has 37 heavy (non-hydrogen) atoms. The molecule has 0 spiro atoms. The van der Waals surface area contributed by atoms with Gasteiger partial charge in [0.05, 0.1) is 25.0 Å². The van der Waals surface area contributed by atoms with Crippen LogP contribution in [-0.2, 0) is 11.2 Å². The minimum absolute atomic E-state index is 0.164. The van der Waals surface area contributed by atoms with Crippen LogP contribution < -0.4 is 20.7 Å². The van der Waals surface area contributed by atoms with E-state index < -0.39 is 0 Å². The lowest BCUT2D eigenvalue weighted by Gasteiger charge is -2.36. The van der Waals surface area contributed by atoms with Gasteiger partial charge in [-0.1, -0.05) is 33.3 Å². The maximum absolute atomic E-state index is 12.5. The van der Waals surface area contributed by atoms with E-state index in [0.29, 0.717) is 50.0 Å². The molecular formula is C26H39N9O2. The number of hydrogen-bond acceptors (Lipinski definition) is 9. The van der Waals surface area contributed by atoms with E-state index in [-0.39, 0.29) is 11.9 Å². The van der Waals surface area contributed by atoms with Gasteiger partial charge in [-0.25, -0.2) is 14.5 Å². The largest absolute Gasteiger partial charge is 0.462 e. The van der Waals surface area contributed by atoms with Gasteiger partial charge in [-0.2, -0.15) is 4.98 Å². The molecule has 3 N–H and O–H groups in total. The van der Waals surface area contributed by atoms with Gasteiger partial charge in [-0.3, -0.25) is 4.79 Å². The highest BCUT2D eigenvalue weighted by atomic mass is 16.5. The van der Waals surface area contributed by atoms with Gasteiger partial charge < -0.3 is 25.6 Å². The number of imidazole rings is 1. The Kier molecular flexibility index (Phi) is 8.75. The molecule has 1 fully saturated rings. The molecule has 1 saturated heterocycles. The Labute approximate surface area is 218 Å². The van der Waals surface area contributed by atoms with Gasteiger partial charge in [-0.05, 0) is 36.9 Å². The van der Waals surface area contributed by atoms with E-state index in [1.165, 1.54) is 0 Å². The molecule has 1 aliphatic rings. The lowest BCUT2D eigenvalue weighted by Crippen LogP contribution is -2.51. The number of nitrogens with two attached hydrogens (primary N) is 1. The van der Waals surface area contributed by atoms with Crippen molar-refractivity contribution in [2.45, 2.75) is 47.0 Å². The number of nitrogens with one attached hydrogen (secondary N) is 1. The van der Waals surface area contributed by atoms with Gasteiger partial charge in [-0.15, -0.1) is 5.10 Å². The van der Waals surface area contributed by atoms with Crippen molar-refractivity contribution in [1.82, 2.24) is 34.8 Å². The molecule has 11 heteroatoms. The van der Waals surface area contributed by atoms with Gasteiger partial charge in [0.25, 0.3) is 0 Å². The van der Waals surface area contributed by atoms with Crippen molar-refractivity contribution in [3.05, 3.63) is 35.3 Å². The molecule has 4 heterocycles. The van der Waals surface area contributed by atoms with Crippen molar-refractivity contribution >= 4 is 23.2 Å². The molecule has 0 bridgehead atoms. The summed E-state index contributed by atoms with van der Waals surface area (Å²) in [5, 5.41) is 7.74. The molecular weight excluding hydrogens is 470 g/mol. The number of unbranched alkanes of at least 4 members (excludes halogenated alkanes) is 1. The maximum atomic E-state index is 12.5. The number of aryl methyl sites for hydroxylation is 1. The first-order valence-corrected chi connectivity index (χ1v) is 13.2. The highest BCUT2D eigenvalue weighted by Crippen LogP contribution is 2.22. The Morgan fingerprint density at radius 1 is 1.19 bits per heavy atom. The highest BCUT2D eigenvalue weighted by molar-refractivity contribution is 5.78. The van der Waals surface area contributed by atoms with Crippen LogP contribution >= 0.6 is 0 Å². The first-order valence-electron chi connectivity index (χ1n) is 13.2. The van der Waals surface area contributed by atoms with Gasteiger partial charge >= 0.3 is 6.01 Å². The molecule has 0 atom stereocenters. The number of hydrogen-bond donors (Lipinski definition) is 2. The maximum Gasteiger partial charge on any atom is 0.336 e. The third kappa shape index (κ3) is 6.65. The standard InChI is InChI=1S/C26H39N9O2/c1-5-6-11-37-26-31-23(27)25-30-16-21(35(25)32-26)13-20-12-19(4)24(29-15-20)34-9-7-33(8-10-34)22(36)17-28-14-18(2)3/h12,15-16,18,28H,5-11,13-14,17H2,1-4H3,(H2,27,31,32). The molecule has 4 rings (SSSR count). The summed E-state index contributed by atoms with van der Waals surface area (Å²) in [6.45, 7) is 13.2. The number of carbonyl (C=O) groups is 1. The smallest absolute Gasteiger partial charge is 0.336 e. The number of pyridine rings is 1. The second kappa shape index (κ2) is 12.2. The molecule has 0 saturated carbocycles. The summed E-state index contributed by atoms with van der Waals surface area (Å²) in [6.07, 6.45) is 6.23. The third-order valence-corrected chi connectivity index (χ3v) is 6.42. The summed E-state index contributed by atoms with van der Waals surface area (Å²) in [5.74, 6) is 1.95. The zero-order chi connectivity index (χ0) is 26.4. The fourth-order valence-corrected chi connectivity index (χ4v) is 4.43. The van der Waals surface area contributed by atoms with Crippen LogP contribution in [0.1, 0.15) is 50.4 Å². The molecule has 11 nitrogen and oxygen atoms in total. The summed E-state index contributed by atoms with van der Waals surface area (Å²) in [5.41, 5.74) is 9.66. The van der Waals surface area contributed by atoms with Gasteiger partial charge in [0.1, 0.15) is 5.82 Å². The number of nitrogen functional groups attached to an aromatic ring is 1. The lowest BCUT2D eigenvalue weighted by molar-refractivity contribution is -0.130. The van der Waals surface area contributed by atoms with Crippen molar-refractivity contribution in [1.29, 1.82) is 0 Å². The zero-order valence-corrected chi connectivity index (χ0v) is 22.4. The van der Waals surface area contributed by atoms with Gasteiger partial charge in [0.15, 0.2) is 11.5 Å². The number of ether oxygens (including phenoxy) is 1. The quantitative estimate of drug-likeness (QED) is 0.374. The zero-order valence-electron chi connectivity index (χ0n) is 22.4. The molecule has 1 aliphatic heterocycles. The molecule has 3 aromatic heterocycles. The van der Waals surface area contributed by atoms with E-state index in [1.807, 2.05) is 11.1 Å². The molecule has 0 radical (unpaired) electrons. The molecule has 200 valence electrons.